The number of sulfonamides is 1. The lowest BCUT2D eigenvalue weighted by Crippen LogP contribution is -2.24. The number of carbonyl (C=O) groups is 1. The molecule has 1 aliphatic heterocycles. The molecule has 39 heavy (non-hydrogen) atoms. The van der Waals surface area contributed by atoms with Crippen molar-refractivity contribution in [3.8, 4) is 11.5 Å². The lowest BCUT2D eigenvalue weighted by atomic mass is 10.0. The summed E-state index contributed by atoms with van der Waals surface area (Å²) in [4.78, 5) is 12.8. The number of hydrogen-bond acceptors (Lipinski definition) is 7. The predicted octanol–water partition coefficient (Wildman–Crippen LogP) is 5.64. The van der Waals surface area contributed by atoms with Gasteiger partial charge in [-0.15, -0.1) is 0 Å². The fourth-order valence-corrected chi connectivity index (χ4v) is 5.27. The molecule has 5 rings (SSSR count). The van der Waals surface area contributed by atoms with Crippen LogP contribution in [0.3, 0.4) is 0 Å². The molecule has 1 aromatic heterocycles. The largest absolute Gasteiger partial charge is 0.485 e. The van der Waals surface area contributed by atoms with E-state index < -0.39 is 10.0 Å². The van der Waals surface area contributed by atoms with Crippen molar-refractivity contribution in [1.29, 1.82) is 0 Å². The molecule has 1 aliphatic rings. The van der Waals surface area contributed by atoms with Crippen molar-refractivity contribution >= 4 is 27.5 Å². The predicted molar refractivity (Wildman–Crippen MR) is 147 cm³/mol. The van der Waals surface area contributed by atoms with Gasteiger partial charge in [-0.1, -0.05) is 29.4 Å². The van der Waals surface area contributed by atoms with Crippen LogP contribution < -0.4 is 19.5 Å². The highest BCUT2D eigenvalue weighted by atomic mass is 32.2. The summed E-state index contributed by atoms with van der Waals surface area (Å²) in [5.74, 6) is 1.24. The highest BCUT2D eigenvalue weighted by Crippen LogP contribution is 2.42. The average Bonchev–Trinajstić information content (AvgIpc) is 3.39. The highest BCUT2D eigenvalue weighted by molar-refractivity contribution is 7.92. The van der Waals surface area contributed by atoms with Gasteiger partial charge in [0.05, 0.1) is 10.6 Å². The third-order valence-corrected chi connectivity index (χ3v) is 7.82. The number of aryl methyl sites for hydroxylation is 1. The Bertz CT molecular complexity index is 1620. The molecule has 0 atom stereocenters. The SMILES string of the molecule is Cc1noc(NS(=O)(=O)c2ccc(NC(=O)c3ccc(COc4cccc5c4OC(C)(C)C5)cc3)cc2)c1C. The van der Waals surface area contributed by atoms with Gasteiger partial charge in [-0.05, 0) is 75.7 Å². The minimum Gasteiger partial charge on any atom is -0.485 e. The van der Waals surface area contributed by atoms with E-state index in [-0.39, 0.29) is 22.3 Å². The van der Waals surface area contributed by atoms with Crippen LogP contribution in [-0.4, -0.2) is 25.1 Å². The second kappa shape index (κ2) is 10.1. The Morgan fingerprint density at radius 2 is 1.74 bits per heavy atom. The van der Waals surface area contributed by atoms with Gasteiger partial charge in [-0.3, -0.25) is 4.79 Å². The molecule has 2 N–H and O–H groups in total. The molecule has 0 aliphatic carbocycles. The van der Waals surface area contributed by atoms with Gasteiger partial charge in [0, 0.05) is 28.8 Å². The lowest BCUT2D eigenvalue weighted by molar-refractivity contribution is 0.102. The highest BCUT2D eigenvalue weighted by Gasteiger charge is 2.32. The van der Waals surface area contributed by atoms with Gasteiger partial charge in [0.25, 0.3) is 15.9 Å². The number of para-hydroxylation sites is 1. The number of ether oxygens (including phenoxy) is 2. The molecule has 2 heterocycles. The Kier molecular flexibility index (Phi) is 6.82. The molecule has 9 nitrogen and oxygen atoms in total. The fourth-order valence-electron chi connectivity index (χ4n) is 4.23. The van der Waals surface area contributed by atoms with Crippen molar-refractivity contribution < 1.29 is 27.2 Å². The molecular formula is C29H29N3O6S. The molecule has 0 fully saturated rings. The van der Waals surface area contributed by atoms with Gasteiger partial charge >= 0.3 is 0 Å². The van der Waals surface area contributed by atoms with Crippen LogP contribution in [0.1, 0.15) is 46.6 Å². The third-order valence-electron chi connectivity index (χ3n) is 6.47. The summed E-state index contributed by atoms with van der Waals surface area (Å²) in [6.07, 6.45) is 0.834. The van der Waals surface area contributed by atoms with Crippen LogP contribution in [0, 0.1) is 13.8 Å². The number of hydrogen-bond donors (Lipinski definition) is 2. The van der Waals surface area contributed by atoms with E-state index in [1.165, 1.54) is 24.3 Å². The van der Waals surface area contributed by atoms with Crippen LogP contribution in [0.2, 0.25) is 0 Å². The molecule has 10 heteroatoms. The second-order valence-electron chi connectivity index (χ2n) is 10.1. The second-order valence-corrected chi connectivity index (χ2v) is 11.8. The first kappa shape index (κ1) is 26.3. The number of amides is 1. The fraction of sp³-hybridized carbons (Fsp3) is 0.241. The van der Waals surface area contributed by atoms with Crippen molar-refractivity contribution in [2.75, 3.05) is 10.0 Å². The zero-order chi connectivity index (χ0) is 27.8. The molecule has 202 valence electrons. The number of rotatable bonds is 8. The van der Waals surface area contributed by atoms with Crippen LogP contribution in [-0.2, 0) is 23.1 Å². The summed E-state index contributed by atoms with van der Waals surface area (Å²) in [6, 6.07) is 18.9. The summed E-state index contributed by atoms with van der Waals surface area (Å²) < 4.78 is 44.9. The molecule has 0 unspecified atom stereocenters. The van der Waals surface area contributed by atoms with Crippen LogP contribution in [0.4, 0.5) is 11.6 Å². The summed E-state index contributed by atoms with van der Waals surface area (Å²) >= 11 is 0. The Hall–Kier alpha value is -4.31. The maximum absolute atomic E-state index is 12.7. The first-order valence-corrected chi connectivity index (χ1v) is 13.9. The number of nitrogens with zero attached hydrogens (tertiary/aromatic N) is 1. The Morgan fingerprint density at radius 3 is 2.41 bits per heavy atom. The molecule has 0 bridgehead atoms. The topological polar surface area (TPSA) is 120 Å². The number of nitrogens with one attached hydrogen (secondary N) is 2. The zero-order valence-corrected chi connectivity index (χ0v) is 22.9. The molecule has 3 aromatic carbocycles. The van der Waals surface area contributed by atoms with Crippen molar-refractivity contribution in [3.05, 3.63) is 94.7 Å². The molecule has 4 aromatic rings. The number of fused-ring (bicyclic) bond motifs is 1. The summed E-state index contributed by atoms with van der Waals surface area (Å²) in [5.41, 5.74) is 3.91. The normalized spacial score (nSPS) is 13.8. The Balaban J connectivity index is 1.18. The molecule has 0 spiro atoms. The van der Waals surface area contributed by atoms with E-state index in [4.69, 9.17) is 14.0 Å². The van der Waals surface area contributed by atoms with Crippen LogP contribution in [0.25, 0.3) is 0 Å². The van der Waals surface area contributed by atoms with E-state index in [0.29, 0.717) is 34.9 Å². The van der Waals surface area contributed by atoms with Gasteiger partial charge in [0.2, 0.25) is 5.88 Å². The van der Waals surface area contributed by atoms with Crippen molar-refractivity contribution in [2.45, 2.75) is 51.2 Å². The average molecular weight is 548 g/mol. The molecule has 0 radical (unpaired) electrons. The Labute approximate surface area is 227 Å². The van der Waals surface area contributed by atoms with E-state index in [0.717, 1.165) is 23.3 Å². The molecular weight excluding hydrogens is 518 g/mol. The maximum atomic E-state index is 12.7. The van der Waals surface area contributed by atoms with Crippen LogP contribution in [0.5, 0.6) is 11.5 Å². The lowest BCUT2D eigenvalue weighted by Gasteiger charge is -2.18. The monoisotopic (exact) mass is 547 g/mol. The van der Waals surface area contributed by atoms with Gasteiger partial charge < -0.3 is 19.3 Å². The van der Waals surface area contributed by atoms with E-state index >= 15 is 0 Å². The van der Waals surface area contributed by atoms with Crippen molar-refractivity contribution in [2.24, 2.45) is 0 Å². The summed E-state index contributed by atoms with van der Waals surface area (Å²) in [6.45, 7) is 7.87. The first-order valence-electron chi connectivity index (χ1n) is 12.4. The number of benzene rings is 3. The molecule has 0 saturated carbocycles. The van der Waals surface area contributed by atoms with Crippen molar-refractivity contribution in [1.82, 2.24) is 5.16 Å². The smallest absolute Gasteiger partial charge is 0.264 e. The quantitative estimate of drug-likeness (QED) is 0.293. The van der Waals surface area contributed by atoms with E-state index in [2.05, 4.69) is 29.0 Å². The van der Waals surface area contributed by atoms with Gasteiger partial charge in [-0.25, -0.2) is 13.1 Å². The van der Waals surface area contributed by atoms with E-state index in [1.54, 1.807) is 26.0 Å². The van der Waals surface area contributed by atoms with Crippen molar-refractivity contribution in [3.63, 3.8) is 0 Å². The number of aromatic nitrogens is 1. The minimum atomic E-state index is -3.88. The molecule has 1 amide bonds. The van der Waals surface area contributed by atoms with Gasteiger partial charge in [0.15, 0.2) is 11.5 Å². The van der Waals surface area contributed by atoms with Crippen LogP contribution >= 0.6 is 0 Å². The van der Waals surface area contributed by atoms with Gasteiger partial charge in [0.1, 0.15) is 12.2 Å². The first-order chi connectivity index (χ1) is 18.5. The minimum absolute atomic E-state index is 0.0244. The number of carbonyl (C=O) groups excluding carboxylic acids is 1. The van der Waals surface area contributed by atoms with Crippen LogP contribution in [0.15, 0.2) is 76.1 Å². The number of anilines is 2. The van der Waals surface area contributed by atoms with E-state index in [1.807, 2.05) is 30.3 Å². The maximum Gasteiger partial charge on any atom is 0.264 e. The summed E-state index contributed by atoms with van der Waals surface area (Å²) in [7, 11) is -3.88. The molecule has 0 saturated heterocycles. The zero-order valence-electron chi connectivity index (χ0n) is 22.1. The Morgan fingerprint density at radius 1 is 1.03 bits per heavy atom. The standard InChI is InChI=1S/C29H29N3O6S/c1-18-19(2)31-38-28(18)32-39(34,35)24-14-12-23(13-15-24)30-27(33)21-10-8-20(9-11-21)17-36-25-7-5-6-22-16-29(3,4)37-26(22)25/h5-15,32H,16-17H2,1-4H3,(H,30,33). The summed E-state index contributed by atoms with van der Waals surface area (Å²) in [5, 5.41) is 6.54. The third kappa shape index (κ3) is 5.75. The van der Waals surface area contributed by atoms with E-state index in [9.17, 15) is 13.2 Å². The van der Waals surface area contributed by atoms with Gasteiger partial charge in [-0.2, -0.15) is 0 Å².